The first-order chi connectivity index (χ1) is 21.2. The van der Waals surface area contributed by atoms with Crippen LogP contribution in [0.1, 0.15) is 29.5 Å². The number of likely N-dealkylation sites (tertiary alicyclic amines) is 1. The number of nitrogens with one attached hydrogen (secondary N) is 1. The van der Waals surface area contributed by atoms with Crippen molar-refractivity contribution < 1.29 is 23.9 Å². The van der Waals surface area contributed by atoms with Gasteiger partial charge in [0.1, 0.15) is 13.2 Å². The highest BCUT2D eigenvalue weighted by Crippen LogP contribution is 2.37. The molecule has 2 aliphatic heterocycles. The fourth-order valence-corrected chi connectivity index (χ4v) is 6.59. The van der Waals surface area contributed by atoms with Crippen LogP contribution in [0, 0.1) is 13.8 Å². The van der Waals surface area contributed by atoms with Gasteiger partial charge in [-0.05, 0) is 62.1 Å². The largest absolute Gasteiger partial charge is 0.445 e. The van der Waals surface area contributed by atoms with E-state index in [1.807, 2.05) is 56.3 Å². The zero-order valence-electron chi connectivity index (χ0n) is 24.8. The Kier molecular flexibility index (Phi) is 10.1. The van der Waals surface area contributed by atoms with Crippen molar-refractivity contribution in [2.45, 2.75) is 49.1 Å². The Hall–Kier alpha value is -4.02. The van der Waals surface area contributed by atoms with Crippen LogP contribution in [-0.2, 0) is 25.7 Å². The van der Waals surface area contributed by atoms with E-state index in [0.717, 1.165) is 39.3 Å². The molecule has 4 amide bonds. The van der Waals surface area contributed by atoms with Crippen molar-refractivity contribution in [3.8, 4) is 0 Å². The first-order valence-corrected chi connectivity index (χ1v) is 15.8. The van der Waals surface area contributed by atoms with Crippen LogP contribution in [0.4, 0.5) is 10.5 Å². The van der Waals surface area contributed by atoms with Crippen molar-refractivity contribution in [2.24, 2.45) is 0 Å². The van der Waals surface area contributed by atoms with Gasteiger partial charge in [0.15, 0.2) is 0 Å². The lowest BCUT2D eigenvalue weighted by Gasteiger charge is -2.42. The van der Waals surface area contributed by atoms with Gasteiger partial charge in [-0.3, -0.25) is 14.4 Å². The van der Waals surface area contributed by atoms with Gasteiger partial charge in [0, 0.05) is 47.0 Å². The molecule has 230 valence electrons. The standard InChI is InChI=1S/C33H35ClN4O5S/c1-22-10-12-28(23(2)17-22)44-29-13-11-25(34)18-27(29)35-31(40)32(41)36-15-16-38(30(39)20-36)26-9-6-14-37(19-26)33(42)43-21-24-7-4-3-5-8-24/h3-5,7-8,10-13,17-18,26H,6,9,14-16,19-21H2,1-2H3,(H,35,40). The molecule has 2 aliphatic rings. The summed E-state index contributed by atoms with van der Waals surface area (Å²) in [5.41, 5.74) is 3.58. The average Bonchev–Trinajstić information content (AvgIpc) is 3.02. The van der Waals surface area contributed by atoms with Crippen LogP contribution < -0.4 is 5.32 Å². The maximum absolute atomic E-state index is 13.2. The summed E-state index contributed by atoms with van der Waals surface area (Å²) in [7, 11) is 0. The van der Waals surface area contributed by atoms with Crippen molar-refractivity contribution in [2.75, 3.05) is 38.0 Å². The molecule has 0 spiro atoms. The third-order valence-electron chi connectivity index (χ3n) is 7.78. The monoisotopic (exact) mass is 634 g/mol. The van der Waals surface area contributed by atoms with Gasteiger partial charge in [0.25, 0.3) is 0 Å². The highest BCUT2D eigenvalue weighted by Gasteiger charge is 2.36. The number of piperazine rings is 1. The molecule has 11 heteroatoms. The second kappa shape index (κ2) is 14.2. The summed E-state index contributed by atoms with van der Waals surface area (Å²) in [5.74, 6) is -1.87. The molecule has 2 saturated heterocycles. The number of rotatable bonds is 6. The second-order valence-electron chi connectivity index (χ2n) is 11.1. The Morgan fingerprint density at radius 3 is 2.48 bits per heavy atom. The molecule has 2 heterocycles. The van der Waals surface area contributed by atoms with Crippen molar-refractivity contribution in [1.82, 2.24) is 14.7 Å². The first kappa shape index (κ1) is 31.4. The maximum atomic E-state index is 13.2. The van der Waals surface area contributed by atoms with Gasteiger partial charge >= 0.3 is 17.9 Å². The molecule has 1 N–H and O–H groups in total. The minimum Gasteiger partial charge on any atom is -0.445 e. The van der Waals surface area contributed by atoms with Crippen LogP contribution in [-0.4, -0.2) is 77.3 Å². The topological polar surface area (TPSA) is 99.3 Å². The van der Waals surface area contributed by atoms with Crippen LogP contribution >= 0.6 is 23.4 Å². The summed E-state index contributed by atoms with van der Waals surface area (Å²) in [6.45, 7) is 5.44. The minimum absolute atomic E-state index is 0.178. The van der Waals surface area contributed by atoms with Crippen LogP contribution in [0.25, 0.3) is 0 Å². The number of anilines is 1. The molecule has 44 heavy (non-hydrogen) atoms. The van der Waals surface area contributed by atoms with Crippen LogP contribution in [0.5, 0.6) is 0 Å². The zero-order chi connectivity index (χ0) is 31.2. The van der Waals surface area contributed by atoms with Gasteiger partial charge in [0.2, 0.25) is 5.91 Å². The van der Waals surface area contributed by atoms with E-state index in [9.17, 15) is 19.2 Å². The Morgan fingerprint density at radius 1 is 0.955 bits per heavy atom. The number of carbonyl (C=O) groups is 4. The molecular weight excluding hydrogens is 600 g/mol. The fourth-order valence-electron chi connectivity index (χ4n) is 5.47. The number of hydrogen-bond donors (Lipinski definition) is 1. The van der Waals surface area contributed by atoms with E-state index in [1.54, 1.807) is 28.0 Å². The quantitative estimate of drug-likeness (QED) is 0.359. The van der Waals surface area contributed by atoms with Gasteiger partial charge in [0.05, 0.1) is 5.69 Å². The molecule has 0 aliphatic carbocycles. The Labute approximate surface area is 266 Å². The predicted octanol–water partition coefficient (Wildman–Crippen LogP) is 5.52. The number of ether oxygens (including phenoxy) is 1. The lowest BCUT2D eigenvalue weighted by Crippen LogP contribution is -2.60. The summed E-state index contributed by atoms with van der Waals surface area (Å²) < 4.78 is 5.49. The highest BCUT2D eigenvalue weighted by atomic mass is 35.5. The molecule has 9 nitrogen and oxygen atoms in total. The molecule has 1 unspecified atom stereocenters. The maximum Gasteiger partial charge on any atom is 0.410 e. The molecule has 0 radical (unpaired) electrons. The molecule has 2 fully saturated rings. The van der Waals surface area contributed by atoms with Gasteiger partial charge in [-0.1, -0.05) is 71.4 Å². The third-order valence-corrected chi connectivity index (χ3v) is 9.27. The van der Waals surface area contributed by atoms with Crippen molar-refractivity contribution in [1.29, 1.82) is 0 Å². The smallest absolute Gasteiger partial charge is 0.410 e. The number of benzene rings is 3. The van der Waals surface area contributed by atoms with Crippen LogP contribution in [0.3, 0.4) is 0 Å². The lowest BCUT2D eigenvalue weighted by molar-refractivity contribution is -0.151. The molecule has 0 saturated carbocycles. The average molecular weight is 635 g/mol. The fraction of sp³-hybridized carbons (Fsp3) is 0.333. The summed E-state index contributed by atoms with van der Waals surface area (Å²) >= 11 is 7.70. The summed E-state index contributed by atoms with van der Waals surface area (Å²) in [6, 6.07) is 20.6. The van der Waals surface area contributed by atoms with E-state index in [4.69, 9.17) is 16.3 Å². The summed E-state index contributed by atoms with van der Waals surface area (Å²) in [5, 5.41) is 3.14. The van der Waals surface area contributed by atoms with E-state index in [1.165, 1.54) is 16.7 Å². The number of hydrogen-bond acceptors (Lipinski definition) is 6. The Morgan fingerprint density at radius 2 is 1.73 bits per heavy atom. The first-order valence-electron chi connectivity index (χ1n) is 14.6. The molecular formula is C33H35ClN4O5S. The number of aryl methyl sites for hydroxylation is 2. The summed E-state index contributed by atoms with van der Waals surface area (Å²) in [6.07, 6.45) is 1.08. The Balaban J connectivity index is 1.16. The minimum atomic E-state index is -0.832. The molecule has 0 aromatic heterocycles. The second-order valence-corrected chi connectivity index (χ2v) is 12.6. The SMILES string of the molecule is Cc1ccc(Sc2ccc(Cl)cc2NC(=O)C(=O)N2CCN(C3CCCN(C(=O)OCc4ccccc4)C3)C(=O)C2)c(C)c1. The van der Waals surface area contributed by atoms with E-state index in [-0.39, 0.29) is 38.2 Å². The van der Waals surface area contributed by atoms with E-state index < -0.39 is 17.9 Å². The van der Waals surface area contributed by atoms with Crippen LogP contribution in [0.2, 0.25) is 5.02 Å². The van der Waals surface area contributed by atoms with E-state index in [0.29, 0.717) is 23.8 Å². The lowest BCUT2D eigenvalue weighted by atomic mass is 10.0. The molecule has 3 aromatic carbocycles. The number of halogens is 1. The van der Waals surface area contributed by atoms with Gasteiger partial charge < -0.3 is 24.8 Å². The number of carbonyl (C=O) groups excluding carboxylic acids is 4. The Bertz CT molecular complexity index is 1550. The molecule has 5 rings (SSSR count). The van der Waals surface area contributed by atoms with E-state index in [2.05, 4.69) is 11.4 Å². The molecule has 1 atom stereocenters. The number of nitrogens with zero attached hydrogens (tertiary/aromatic N) is 3. The molecule has 3 aromatic rings. The molecule has 0 bridgehead atoms. The van der Waals surface area contributed by atoms with Crippen LogP contribution in [0.15, 0.2) is 76.5 Å². The zero-order valence-corrected chi connectivity index (χ0v) is 26.3. The van der Waals surface area contributed by atoms with Gasteiger partial charge in [-0.2, -0.15) is 0 Å². The highest BCUT2D eigenvalue weighted by molar-refractivity contribution is 7.99. The summed E-state index contributed by atoms with van der Waals surface area (Å²) in [4.78, 5) is 58.5. The third kappa shape index (κ3) is 7.73. The van der Waals surface area contributed by atoms with Crippen molar-refractivity contribution >= 4 is 52.9 Å². The van der Waals surface area contributed by atoms with Gasteiger partial charge in [-0.15, -0.1) is 0 Å². The predicted molar refractivity (Wildman–Crippen MR) is 170 cm³/mol. The number of amides is 4. The van der Waals surface area contributed by atoms with Gasteiger partial charge in [-0.25, -0.2) is 4.79 Å². The number of piperidine rings is 1. The normalized spacial score (nSPS) is 16.9. The van der Waals surface area contributed by atoms with Crippen molar-refractivity contribution in [3.63, 3.8) is 0 Å². The van der Waals surface area contributed by atoms with Crippen molar-refractivity contribution in [3.05, 3.63) is 88.4 Å². The van der Waals surface area contributed by atoms with E-state index >= 15 is 0 Å².